The largest absolute Gasteiger partial charge is 0.462 e. The maximum absolute atomic E-state index is 12.1. The number of anilines is 1. The highest BCUT2D eigenvalue weighted by atomic mass is 16.5. The van der Waals surface area contributed by atoms with Crippen molar-refractivity contribution < 1.29 is 14.3 Å². The van der Waals surface area contributed by atoms with Crippen molar-refractivity contribution in [3.8, 4) is 0 Å². The number of amides is 1. The second kappa shape index (κ2) is 6.41. The standard InChI is InChI=1S/C15H20N2O3/c1-3-7-12(18)17-14-13(15(19)20-4-2)10-8-5-6-9-11(10)16-14/h3,7,16H,4-6,8-9H2,1-2H3,(H,17,18)/b7-3+. The van der Waals surface area contributed by atoms with Crippen molar-refractivity contribution in [1.82, 2.24) is 4.98 Å². The van der Waals surface area contributed by atoms with Gasteiger partial charge in [-0.25, -0.2) is 4.79 Å². The van der Waals surface area contributed by atoms with Crippen LogP contribution in [0.25, 0.3) is 0 Å². The van der Waals surface area contributed by atoms with E-state index >= 15 is 0 Å². The van der Waals surface area contributed by atoms with E-state index in [9.17, 15) is 9.59 Å². The van der Waals surface area contributed by atoms with Crippen molar-refractivity contribution >= 4 is 17.7 Å². The molecule has 0 radical (unpaired) electrons. The summed E-state index contributed by atoms with van der Waals surface area (Å²) in [6.45, 7) is 3.86. The van der Waals surface area contributed by atoms with Gasteiger partial charge in [-0.05, 0) is 51.2 Å². The fraction of sp³-hybridized carbons (Fsp3) is 0.467. The van der Waals surface area contributed by atoms with Crippen molar-refractivity contribution in [3.63, 3.8) is 0 Å². The van der Waals surface area contributed by atoms with Gasteiger partial charge in [0.2, 0.25) is 5.91 Å². The van der Waals surface area contributed by atoms with Crippen LogP contribution in [0.2, 0.25) is 0 Å². The average molecular weight is 276 g/mol. The van der Waals surface area contributed by atoms with E-state index in [-0.39, 0.29) is 11.9 Å². The van der Waals surface area contributed by atoms with Crippen LogP contribution in [0.1, 0.15) is 48.3 Å². The van der Waals surface area contributed by atoms with Crippen LogP contribution < -0.4 is 5.32 Å². The lowest BCUT2D eigenvalue weighted by Crippen LogP contribution is -2.14. The first-order chi connectivity index (χ1) is 9.67. The van der Waals surface area contributed by atoms with Crippen LogP contribution in [0.4, 0.5) is 5.82 Å². The predicted molar refractivity (Wildman–Crippen MR) is 76.8 cm³/mol. The Morgan fingerprint density at radius 1 is 1.35 bits per heavy atom. The number of nitrogens with one attached hydrogen (secondary N) is 2. The van der Waals surface area contributed by atoms with Gasteiger partial charge in [0, 0.05) is 5.69 Å². The zero-order valence-electron chi connectivity index (χ0n) is 11.9. The summed E-state index contributed by atoms with van der Waals surface area (Å²) in [5, 5.41) is 2.73. The molecule has 2 N–H and O–H groups in total. The van der Waals surface area contributed by atoms with Crippen LogP contribution in [-0.4, -0.2) is 23.5 Å². The van der Waals surface area contributed by atoms with E-state index in [1.54, 1.807) is 19.9 Å². The van der Waals surface area contributed by atoms with E-state index in [2.05, 4.69) is 10.3 Å². The molecule has 1 aliphatic carbocycles. The normalized spacial score (nSPS) is 14.1. The molecule has 0 aromatic carbocycles. The number of esters is 1. The second-order valence-electron chi connectivity index (χ2n) is 4.75. The van der Waals surface area contributed by atoms with Crippen molar-refractivity contribution in [2.75, 3.05) is 11.9 Å². The average Bonchev–Trinajstić information content (AvgIpc) is 2.76. The molecule has 5 nitrogen and oxygen atoms in total. The first-order valence-corrected chi connectivity index (χ1v) is 7.01. The minimum absolute atomic E-state index is 0.253. The molecule has 1 aromatic rings. The van der Waals surface area contributed by atoms with Crippen LogP contribution in [0, 0.1) is 0 Å². The molecule has 1 aliphatic rings. The van der Waals surface area contributed by atoms with Crippen LogP contribution in [-0.2, 0) is 22.4 Å². The lowest BCUT2D eigenvalue weighted by Gasteiger charge is -2.11. The summed E-state index contributed by atoms with van der Waals surface area (Å²) in [6, 6.07) is 0. The Morgan fingerprint density at radius 2 is 2.10 bits per heavy atom. The number of aryl methyl sites for hydroxylation is 1. The maximum atomic E-state index is 12.1. The van der Waals surface area contributed by atoms with Crippen LogP contribution in [0.15, 0.2) is 12.2 Å². The molecule has 0 aliphatic heterocycles. The Labute approximate surface area is 118 Å². The first-order valence-electron chi connectivity index (χ1n) is 7.01. The molecule has 0 atom stereocenters. The van der Waals surface area contributed by atoms with Crippen LogP contribution >= 0.6 is 0 Å². The van der Waals surface area contributed by atoms with Gasteiger partial charge in [0.25, 0.3) is 0 Å². The van der Waals surface area contributed by atoms with Crippen LogP contribution in [0.5, 0.6) is 0 Å². The number of rotatable bonds is 4. The number of aromatic amines is 1. The molecule has 0 spiro atoms. The summed E-state index contributed by atoms with van der Waals surface area (Å²) in [7, 11) is 0. The third kappa shape index (κ3) is 2.92. The number of carbonyl (C=O) groups excluding carboxylic acids is 2. The maximum Gasteiger partial charge on any atom is 0.342 e. The van der Waals surface area contributed by atoms with E-state index in [1.807, 2.05) is 0 Å². The van der Waals surface area contributed by atoms with Crippen molar-refractivity contribution in [1.29, 1.82) is 0 Å². The van der Waals surface area contributed by atoms with Gasteiger partial charge in [-0.3, -0.25) is 4.79 Å². The summed E-state index contributed by atoms with van der Waals surface area (Å²) < 4.78 is 5.11. The number of aromatic nitrogens is 1. The minimum atomic E-state index is -0.373. The Kier molecular flexibility index (Phi) is 4.61. The Bertz CT molecular complexity index is 544. The molecule has 1 aromatic heterocycles. The van der Waals surface area contributed by atoms with E-state index in [0.29, 0.717) is 18.0 Å². The third-order valence-electron chi connectivity index (χ3n) is 3.34. The van der Waals surface area contributed by atoms with Gasteiger partial charge in [0.1, 0.15) is 11.4 Å². The number of allylic oxidation sites excluding steroid dienone is 1. The predicted octanol–water partition coefficient (Wildman–Crippen LogP) is 2.58. The van der Waals surface area contributed by atoms with Gasteiger partial charge in [0.05, 0.1) is 6.61 Å². The number of hydrogen-bond donors (Lipinski definition) is 2. The molecule has 0 saturated heterocycles. The Balaban J connectivity index is 2.36. The highest BCUT2D eigenvalue weighted by Crippen LogP contribution is 2.30. The van der Waals surface area contributed by atoms with Gasteiger partial charge in [-0.2, -0.15) is 0 Å². The number of ether oxygens (including phenoxy) is 1. The smallest absolute Gasteiger partial charge is 0.342 e. The SMILES string of the molecule is C/C=C/C(=O)Nc1[nH]c2c(c1C(=O)OCC)CCCC2. The lowest BCUT2D eigenvalue weighted by atomic mass is 9.95. The summed E-state index contributed by atoms with van der Waals surface area (Å²) in [6.07, 6.45) is 6.98. The summed E-state index contributed by atoms with van der Waals surface area (Å²) in [5.41, 5.74) is 2.51. The first kappa shape index (κ1) is 14.4. The molecule has 0 unspecified atom stereocenters. The fourth-order valence-corrected chi connectivity index (χ4v) is 2.52. The molecular weight excluding hydrogens is 256 g/mol. The molecule has 0 fully saturated rings. The van der Waals surface area contributed by atoms with Gasteiger partial charge < -0.3 is 15.0 Å². The van der Waals surface area contributed by atoms with Crippen molar-refractivity contribution in [2.45, 2.75) is 39.5 Å². The van der Waals surface area contributed by atoms with Gasteiger partial charge in [0.15, 0.2) is 0 Å². The quantitative estimate of drug-likeness (QED) is 0.656. The molecule has 108 valence electrons. The minimum Gasteiger partial charge on any atom is -0.462 e. The lowest BCUT2D eigenvalue weighted by molar-refractivity contribution is -0.111. The monoisotopic (exact) mass is 276 g/mol. The number of fused-ring (bicyclic) bond motifs is 1. The molecule has 1 heterocycles. The molecule has 5 heteroatoms. The topological polar surface area (TPSA) is 71.2 Å². The number of carbonyl (C=O) groups is 2. The highest BCUT2D eigenvalue weighted by molar-refractivity contribution is 6.05. The Hall–Kier alpha value is -2.04. The Morgan fingerprint density at radius 3 is 2.80 bits per heavy atom. The zero-order chi connectivity index (χ0) is 14.5. The molecule has 2 rings (SSSR count). The summed E-state index contributed by atoms with van der Waals surface area (Å²) >= 11 is 0. The number of hydrogen-bond acceptors (Lipinski definition) is 3. The fourth-order valence-electron chi connectivity index (χ4n) is 2.52. The van der Waals surface area contributed by atoms with Crippen molar-refractivity contribution in [3.05, 3.63) is 29.0 Å². The molecule has 20 heavy (non-hydrogen) atoms. The van der Waals surface area contributed by atoms with E-state index in [1.165, 1.54) is 6.08 Å². The third-order valence-corrected chi connectivity index (χ3v) is 3.34. The van der Waals surface area contributed by atoms with E-state index in [0.717, 1.165) is 36.9 Å². The molecule has 0 bridgehead atoms. The second-order valence-corrected chi connectivity index (χ2v) is 4.75. The zero-order valence-corrected chi connectivity index (χ0v) is 11.9. The molecule has 1 amide bonds. The number of H-pyrrole nitrogens is 1. The molecular formula is C15H20N2O3. The van der Waals surface area contributed by atoms with E-state index in [4.69, 9.17) is 4.74 Å². The van der Waals surface area contributed by atoms with Crippen LogP contribution in [0.3, 0.4) is 0 Å². The highest BCUT2D eigenvalue weighted by Gasteiger charge is 2.26. The van der Waals surface area contributed by atoms with Gasteiger partial charge >= 0.3 is 5.97 Å². The van der Waals surface area contributed by atoms with Gasteiger partial charge in [-0.15, -0.1) is 0 Å². The van der Waals surface area contributed by atoms with E-state index < -0.39 is 0 Å². The van der Waals surface area contributed by atoms with Crippen molar-refractivity contribution in [2.24, 2.45) is 0 Å². The van der Waals surface area contributed by atoms with Gasteiger partial charge in [-0.1, -0.05) is 6.08 Å². The molecule has 0 saturated carbocycles. The summed E-state index contributed by atoms with van der Waals surface area (Å²) in [5.74, 6) is -0.169. The summed E-state index contributed by atoms with van der Waals surface area (Å²) in [4.78, 5) is 27.0.